The molecule has 1 aliphatic rings. The van der Waals surface area contributed by atoms with Gasteiger partial charge in [-0.3, -0.25) is 0 Å². The molecule has 2 rings (SSSR count). The quantitative estimate of drug-likeness (QED) is 0.865. The first-order valence-electron chi connectivity index (χ1n) is 6.60. The Bertz CT molecular complexity index is 375. The Labute approximate surface area is 104 Å². The summed E-state index contributed by atoms with van der Waals surface area (Å²) in [6, 6.07) is 7.01. The Hall–Kier alpha value is -1.02. The third-order valence-corrected chi connectivity index (χ3v) is 3.82. The first-order chi connectivity index (χ1) is 8.19. The number of aryl methyl sites for hydroxylation is 2. The molecule has 2 nitrogen and oxygen atoms in total. The predicted octanol–water partition coefficient (Wildman–Crippen LogP) is 3.21. The van der Waals surface area contributed by atoms with Crippen molar-refractivity contribution in [2.45, 2.75) is 51.7 Å². The fourth-order valence-corrected chi connectivity index (χ4v) is 2.49. The van der Waals surface area contributed by atoms with Gasteiger partial charge in [-0.1, -0.05) is 6.07 Å². The monoisotopic (exact) mass is 233 g/mol. The van der Waals surface area contributed by atoms with E-state index in [4.69, 9.17) is 4.74 Å². The molecule has 0 bridgehead atoms. The fourth-order valence-electron chi connectivity index (χ4n) is 2.49. The third-order valence-electron chi connectivity index (χ3n) is 3.82. The molecule has 2 atom stereocenters. The van der Waals surface area contributed by atoms with Gasteiger partial charge in [0, 0.05) is 6.04 Å². The van der Waals surface area contributed by atoms with Gasteiger partial charge in [0.25, 0.3) is 0 Å². The molecule has 2 heteroatoms. The second kappa shape index (κ2) is 5.54. The lowest BCUT2D eigenvalue weighted by molar-refractivity contribution is 0.137. The Kier molecular flexibility index (Phi) is 4.06. The van der Waals surface area contributed by atoms with Crippen LogP contribution in [0.3, 0.4) is 0 Å². The van der Waals surface area contributed by atoms with Crippen LogP contribution in [0.4, 0.5) is 0 Å². The highest BCUT2D eigenvalue weighted by Gasteiger charge is 2.22. The molecule has 1 aliphatic carbocycles. The summed E-state index contributed by atoms with van der Waals surface area (Å²) in [5, 5.41) is 3.36. The van der Waals surface area contributed by atoms with Crippen LogP contribution in [-0.4, -0.2) is 19.2 Å². The average Bonchev–Trinajstić information content (AvgIpc) is 2.34. The Morgan fingerprint density at radius 2 is 2.00 bits per heavy atom. The minimum Gasteiger partial charge on any atom is -0.490 e. The van der Waals surface area contributed by atoms with Crippen LogP contribution in [-0.2, 0) is 0 Å². The topological polar surface area (TPSA) is 21.3 Å². The highest BCUT2D eigenvalue weighted by Crippen LogP contribution is 2.25. The maximum absolute atomic E-state index is 6.08. The van der Waals surface area contributed by atoms with Crippen molar-refractivity contribution in [1.29, 1.82) is 0 Å². The number of ether oxygens (including phenoxy) is 1. The molecule has 0 spiro atoms. The first kappa shape index (κ1) is 12.4. The SMILES string of the molecule is CNC1CCCC(Oc2ccc(C)c(C)c2)C1. The molecule has 1 aromatic rings. The lowest BCUT2D eigenvalue weighted by Crippen LogP contribution is -2.36. The molecule has 1 N–H and O–H groups in total. The number of rotatable bonds is 3. The van der Waals surface area contributed by atoms with Gasteiger partial charge >= 0.3 is 0 Å². The Morgan fingerprint density at radius 3 is 2.71 bits per heavy atom. The van der Waals surface area contributed by atoms with Crippen LogP contribution in [0.5, 0.6) is 5.75 Å². The molecule has 0 heterocycles. The van der Waals surface area contributed by atoms with Crippen LogP contribution in [0.1, 0.15) is 36.8 Å². The van der Waals surface area contributed by atoms with Crippen molar-refractivity contribution in [3.05, 3.63) is 29.3 Å². The van der Waals surface area contributed by atoms with E-state index in [1.165, 1.54) is 30.4 Å². The zero-order valence-electron chi connectivity index (χ0n) is 11.1. The van der Waals surface area contributed by atoms with Crippen LogP contribution in [0.15, 0.2) is 18.2 Å². The lowest BCUT2D eigenvalue weighted by atomic mass is 9.93. The maximum atomic E-state index is 6.08. The Balaban J connectivity index is 1.97. The van der Waals surface area contributed by atoms with Gasteiger partial charge in [-0.2, -0.15) is 0 Å². The lowest BCUT2D eigenvalue weighted by Gasteiger charge is -2.29. The largest absolute Gasteiger partial charge is 0.490 e. The third kappa shape index (κ3) is 3.22. The van der Waals surface area contributed by atoms with E-state index in [-0.39, 0.29) is 0 Å². The molecule has 0 saturated heterocycles. The van der Waals surface area contributed by atoms with Gasteiger partial charge in [0.15, 0.2) is 0 Å². The van der Waals surface area contributed by atoms with E-state index in [1.54, 1.807) is 0 Å². The van der Waals surface area contributed by atoms with Crippen LogP contribution < -0.4 is 10.1 Å². The average molecular weight is 233 g/mol. The van der Waals surface area contributed by atoms with Crippen molar-refractivity contribution < 1.29 is 4.74 Å². The Morgan fingerprint density at radius 1 is 1.18 bits per heavy atom. The maximum Gasteiger partial charge on any atom is 0.119 e. The van der Waals surface area contributed by atoms with Crippen molar-refractivity contribution >= 4 is 0 Å². The fraction of sp³-hybridized carbons (Fsp3) is 0.600. The van der Waals surface area contributed by atoms with Gasteiger partial charge in [0.2, 0.25) is 0 Å². The van der Waals surface area contributed by atoms with Gasteiger partial charge in [0.05, 0.1) is 0 Å². The van der Waals surface area contributed by atoms with Gasteiger partial charge in [-0.05, 0) is 69.8 Å². The zero-order chi connectivity index (χ0) is 12.3. The summed E-state index contributed by atoms with van der Waals surface area (Å²) >= 11 is 0. The summed E-state index contributed by atoms with van der Waals surface area (Å²) in [4.78, 5) is 0. The summed E-state index contributed by atoms with van der Waals surface area (Å²) in [5.74, 6) is 1.02. The molecule has 0 amide bonds. The van der Waals surface area contributed by atoms with Crippen LogP contribution in [0.25, 0.3) is 0 Å². The predicted molar refractivity (Wildman–Crippen MR) is 71.6 cm³/mol. The van der Waals surface area contributed by atoms with E-state index in [2.05, 4.69) is 37.4 Å². The summed E-state index contributed by atoms with van der Waals surface area (Å²) in [5.41, 5.74) is 2.64. The number of hydrogen-bond acceptors (Lipinski definition) is 2. The first-order valence-corrected chi connectivity index (χ1v) is 6.60. The van der Waals surface area contributed by atoms with Crippen molar-refractivity contribution in [1.82, 2.24) is 5.32 Å². The van der Waals surface area contributed by atoms with E-state index >= 15 is 0 Å². The molecule has 0 radical (unpaired) electrons. The van der Waals surface area contributed by atoms with Gasteiger partial charge in [0.1, 0.15) is 11.9 Å². The summed E-state index contributed by atoms with van der Waals surface area (Å²) < 4.78 is 6.08. The number of hydrogen-bond donors (Lipinski definition) is 1. The number of nitrogens with one attached hydrogen (secondary N) is 1. The normalized spacial score (nSPS) is 24.6. The van der Waals surface area contributed by atoms with Crippen molar-refractivity contribution in [2.24, 2.45) is 0 Å². The van der Waals surface area contributed by atoms with Crippen molar-refractivity contribution in [2.75, 3.05) is 7.05 Å². The standard InChI is InChI=1S/C15H23NO/c1-11-7-8-15(9-12(11)2)17-14-6-4-5-13(10-14)16-3/h7-9,13-14,16H,4-6,10H2,1-3H3. The molecule has 94 valence electrons. The molecular weight excluding hydrogens is 210 g/mol. The van der Waals surface area contributed by atoms with Crippen LogP contribution in [0, 0.1) is 13.8 Å². The van der Waals surface area contributed by atoms with Gasteiger partial charge in [-0.25, -0.2) is 0 Å². The van der Waals surface area contributed by atoms with Gasteiger partial charge in [-0.15, -0.1) is 0 Å². The molecule has 17 heavy (non-hydrogen) atoms. The molecule has 1 aromatic carbocycles. The minimum absolute atomic E-state index is 0.378. The van der Waals surface area contributed by atoms with E-state index < -0.39 is 0 Å². The highest BCUT2D eigenvalue weighted by molar-refractivity contribution is 5.33. The summed E-state index contributed by atoms with van der Waals surface area (Å²) in [6.07, 6.45) is 5.24. The molecule has 0 aromatic heterocycles. The van der Waals surface area contributed by atoms with E-state index in [0.29, 0.717) is 12.1 Å². The number of benzene rings is 1. The van der Waals surface area contributed by atoms with Gasteiger partial charge < -0.3 is 10.1 Å². The smallest absolute Gasteiger partial charge is 0.119 e. The van der Waals surface area contributed by atoms with E-state index in [0.717, 1.165) is 12.2 Å². The van der Waals surface area contributed by atoms with Crippen molar-refractivity contribution in [3.63, 3.8) is 0 Å². The van der Waals surface area contributed by atoms with Crippen molar-refractivity contribution in [3.8, 4) is 5.75 Å². The molecular formula is C15H23NO. The second-order valence-electron chi connectivity index (χ2n) is 5.14. The highest BCUT2D eigenvalue weighted by atomic mass is 16.5. The minimum atomic E-state index is 0.378. The zero-order valence-corrected chi connectivity index (χ0v) is 11.1. The molecule has 2 unspecified atom stereocenters. The second-order valence-corrected chi connectivity index (χ2v) is 5.14. The molecule has 1 saturated carbocycles. The van der Waals surface area contributed by atoms with Crippen LogP contribution >= 0.6 is 0 Å². The summed E-state index contributed by atoms with van der Waals surface area (Å²) in [7, 11) is 2.04. The molecule has 1 fully saturated rings. The van der Waals surface area contributed by atoms with E-state index in [9.17, 15) is 0 Å². The van der Waals surface area contributed by atoms with Crippen LogP contribution in [0.2, 0.25) is 0 Å². The van der Waals surface area contributed by atoms with E-state index in [1.807, 2.05) is 7.05 Å². The molecule has 0 aliphatic heterocycles. The summed E-state index contributed by atoms with van der Waals surface area (Å²) in [6.45, 7) is 4.27.